The molecule has 0 atom stereocenters. The van der Waals surface area contributed by atoms with Gasteiger partial charge >= 0.3 is 0 Å². The highest BCUT2D eigenvalue weighted by Crippen LogP contribution is 2.56. The minimum absolute atomic E-state index is 0.502. The van der Waals surface area contributed by atoms with E-state index in [0.29, 0.717) is 17.5 Å². The van der Waals surface area contributed by atoms with Crippen LogP contribution in [-0.4, -0.2) is 15.0 Å². The summed E-state index contributed by atoms with van der Waals surface area (Å²) in [5, 5.41) is 2.32. The van der Waals surface area contributed by atoms with E-state index < -0.39 is 5.41 Å². The van der Waals surface area contributed by atoms with Gasteiger partial charge in [0.25, 0.3) is 0 Å². The molecule has 9 aromatic carbocycles. The fourth-order valence-electron chi connectivity index (χ4n) is 9.02. The van der Waals surface area contributed by atoms with Crippen LogP contribution in [0.5, 0.6) is 0 Å². The van der Waals surface area contributed by atoms with Crippen LogP contribution >= 0.6 is 0 Å². The molecular formula is C56H37N3. The van der Waals surface area contributed by atoms with Crippen LogP contribution in [0.15, 0.2) is 224 Å². The van der Waals surface area contributed by atoms with Crippen molar-refractivity contribution in [2.75, 3.05) is 0 Å². The average Bonchev–Trinajstić information content (AvgIpc) is 3.62. The number of benzene rings is 9. The van der Waals surface area contributed by atoms with E-state index in [9.17, 15) is 0 Å². The molecule has 10 aromatic rings. The molecule has 0 unspecified atom stereocenters. The summed E-state index contributed by atoms with van der Waals surface area (Å²) in [4.78, 5) is 15.5. The van der Waals surface area contributed by atoms with Crippen molar-refractivity contribution in [1.29, 1.82) is 0 Å². The van der Waals surface area contributed by atoms with Crippen molar-refractivity contribution < 1.29 is 0 Å². The zero-order valence-corrected chi connectivity index (χ0v) is 32.2. The Morgan fingerprint density at radius 1 is 0.254 bits per heavy atom. The van der Waals surface area contributed by atoms with Crippen LogP contribution in [0.1, 0.15) is 22.3 Å². The molecule has 1 aliphatic rings. The van der Waals surface area contributed by atoms with Crippen molar-refractivity contribution >= 4 is 10.8 Å². The SMILES string of the molecule is c1ccc(-c2cc(-c3ccc4c(c3)C(c3ccccc3)(c3ccccc3)c3ccccc3-4)cc(-c3nc(-c4ccccc4)nc(-c4ccc5ccccc5c4)n3)c2)cc1. The molecule has 11 rings (SSSR count). The molecule has 0 spiro atoms. The van der Waals surface area contributed by atoms with E-state index in [4.69, 9.17) is 15.0 Å². The number of fused-ring (bicyclic) bond motifs is 4. The minimum Gasteiger partial charge on any atom is -0.208 e. The van der Waals surface area contributed by atoms with Gasteiger partial charge in [-0.1, -0.05) is 194 Å². The van der Waals surface area contributed by atoms with Crippen LogP contribution in [-0.2, 0) is 5.41 Å². The fourth-order valence-corrected chi connectivity index (χ4v) is 9.02. The van der Waals surface area contributed by atoms with Crippen LogP contribution in [0, 0.1) is 0 Å². The lowest BCUT2D eigenvalue weighted by Gasteiger charge is -2.34. The Hall–Kier alpha value is -7.75. The molecule has 1 heterocycles. The first-order valence-electron chi connectivity index (χ1n) is 20.1. The molecule has 0 bridgehead atoms. The van der Waals surface area contributed by atoms with Crippen LogP contribution in [0.25, 0.3) is 78.3 Å². The first kappa shape index (κ1) is 34.5. The fraction of sp³-hybridized carbons (Fsp3) is 0.0179. The first-order valence-corrected chi connectivity index (χ1v) is 20.1. The Balaban J connectivity index is 1.14. The van der Waals surface area contributed by atoms with Crippen molar-refractivity contribution in [3.05, 3.63) is 247 Å². The van der Waals surface area contributed by atoms with Gasteiger partial charge < -0.3 is 0 Å². The van der Waals surface area contributed by atoms with Crippen LogP contribution in [0.2, 0.25) is 0 Å². The minimum atomic E-state index is -0.502. The average molecular weight is 752 g/mol. The highest BCUT2D eigenvalue weighted by molar-refractivity contribution is 5.90. The number of nitrogens with zero attached hydrogens (tertiary/aromatic N) is 3. The monoisotopic (exact) mass is 751 g/mol. The summed E-state index contributed by atoms with van der Waals surface area (Å²) in [6.45, 7) is 0. The molecule has 3 nitrogen and oxygen atoms in total. The molecule has 0 saturated carbocycles. The molecule has 0 radical (unpaired) electrons. The normalized spacial score (nSPS) is 12.5. The zero-order valence-electron chi connectivity index (χ0n) is 32.2. The summed E-state index contributed by atoms with van der Waals surface area (Å²) in [6.07, 6.45) is 0. The van der Waals surface area contributed by atoms with Gasteiger partial charge in [-0.2, -0.15) is 0 Å². The van der Waals surface area contributed by atoms with Crippen LogP contribution < -0.4 is 0 Å². The lowest BCUT2D eigenvalue weighted by molar-refractivity contribution is 0.769. The maximum Gasteiger partial charge on any atom is 0.164 e. The van der Waals surface area contributed by atoms with Gasteiger partial charge in [0, 0.05) is 16.7 Å². The van der Waals surface area contributed by atoms with E-state index in [1.165, 1.54) is 38.8 Å². The van der Waals surface area contributed by atoms with E-state index in [2.05, 4.69) is 206 Å². The summed E-state index contributed by atoms with van der Waals surface area (Å²) in [7, 11) is 0. The summed E-state index contributed by atoms with van der Waals surface area (Å²) in [5.41, 5.74) is 14.3. The van der Waals surface area contributed by atoms with E-state index >= 15 is 0 Å². The van der Waals surface area contributed by atoms with Gasteiger partial charge in [-0.25, -0.2) is 15.0 Å². The summed E-state index contributed by atoms with van der Waals surface area (Å²) >= 11 is 0. The maximum atomic E-state index is 5.24. The van der Waals surface area contributed by atoms with Crippen molar-refractivity contribution in [3.63, 3.8) is 0 Å². The summed E-state index contributed by atoms with van der Waals surface area (Å²) < 4.78 is 0. The molecule has 0 N–H and O–H groups in total. The third-order valence-corrected chi connectivity index (χ3v) is 11.8. The predicted octanol–water partition coefficient (Wildman–Crippen LogP) is 13.7. The van der Waals surface area contributed by atoms with E-state index in [1.807, 2.05) is 18.2 Å². The molecule has 3 heteroatoms. The van der Waals surface area contributed by atoms with E-state index in [-0.39, 0.29) is 0 Å². The number of rotatable bonds is 7. The lowest BCUT2D eigenvalue weighted by Crippen LogP contribution is -2.28. The maximum absolute atomic E-state index is 5.24. The molecule has 276 valence electrons. The molecule has 1 aliphatic carbocycles. The highest BCUT2D eigenvalue weighted by atomic mass is 15.0. The molecular weight excluding hydrogens is 715 g/mol. The van der Waals surface area contributed by atoms with Gasteiger partial charge in [0.05, 0.1) is 5.41 Å². The van der Waals surface area contributed by atoms with E-state index in [1.54, 1.807) is 0 Å². The Kier molecular flexibility index (Phi) is 8.37. The molecule has 0 aliphatic heterocycles. The van der Waals surface area contributed by atoms with Crippen molar-refractivity contribution in [3.8, 4) is 67.5 Å². The first-order chi connectivity index (χ1) is 29.2. The van der Waals surface area contributed by atoms with Crippen LogP contribution in [0.4, 0.5) is 0 Å². The molecule has 0 amide bonds. The van der Waals surface area contributed by atoms with Crippen molar-refractivity contribution in [2.45, 2.75) is 5.41 Å². The Bertz CT molecular complexity index is 3100. The van der Waals surface area contributed by atoms with Gasteiger partial charge in [0.1, 0.15) is 0 Å². The zero-order chi connectivity index (χ0) is 39.2. The second kappa shape index (κ2) is 14.3. The number of hydrogen-bond acceptors (Lipinski definition) is 3. The molecule has 1 aromatic heterocycles. The van der Waals surface area contributed by atoms with Gasteiger partial charge in [0.2, 0.25) is 0 Å². The Morgan fingerprint density at radius 2 is 0.729 bits per heavy atom. The second-order valence-electron chi connectivity index (χ2n) is 15.2. The van der Waals surface area contributed by atoms with Gasteiger partial charge in [-0.05, 0) is 96.7 Å². The topological polar surface area (TPSA) is 38.7 Å². The van der Waals surface area contributed by atoms with Gasteiger partial charge in [-0.3, -0.25) is 0 Å². The highest BCUT2D eigenvalue weighted by Gasteiger charge is 2.46. The third-order valence-electron chi connectivity index (χ3n) is 11.8. The number of hydrogen-bond donors (Lipinski definition) is 0. The van der Waals surface area contributed by atoms with Crippen molar-refractivity contribution in [1.82, 2.24) is 15.0 Å². The largest absolute Gasteiger partial charge is 0.208 e. The summed E-state index contributed by atoms with van der Waals surface area (Å²) in [5.74, 6) is 1.89. The van der Waals surface area contributed by atoms with Crippen molar-refractivity contribution in [2.24, 2.45) is 0 Å². The Labute approximate surface area is 344 Å². The molecule has 0 fully saturated rings. The number of aromatic nitrogens is 3. The van der Waals surface area contributed by atoms with Gasteiger partial charge in [-0.15, -0.1) is 0 Å². The second-order valence-corrected chi connectivity index (χ2v) is 15.2. The lowest BCUT2D eigenvalue weighted by atomic mass is 9.67. The van der Waals surface area contributed by atoms with Crippen LogP contribution in [0.3, 0.4) is 0 Å². The quantitative estimate of drug-likeness (QED) is 0.163. The Morgan fingerprint density at radius 3 is 1.41 bits per heavy atom. The van der Waals surface area contributed by atoms with E-state index in [0.717, 1.165) is 44.3 Å². The summed E-state index contributed by atoms with van der Waals surface area (Å²) in [6, 6.07) is 80.2. The van der Waals surface area contributed by atoms with Gasteiger partial charge in [0.15, 0.2) is 17.5 Å². The third kappa shape index (κ3) is 5.95. The molecule has 59 heavy (non-hydrogen) atoms. The molecule has 0 saturated heterocycles. The standard InChI is InChI=1S/C56H37N3/c1-5-17-38(18-6-1)44-34-45(36-46(35-44)55-58-53(40-20-7-2-8-21-40)57-54(59-55)43-30-29-39-19-13-14-22-41(39)33-43)42-31-32-50-49-27-15-16-28-51(49)56(52(50)37-42,47-23-9-3-10-24-47)48-25-11-4-12-26-48/h1-37H. The predicted molar refractivity (Wildman–Crippen MR) is 242 cm³/mol. The smallest absolute Gasteiger partial charge is 0.164 e.